The molecule has 2 fully saturated rings. The Balaban J connectivity index is 1.45. The van der Waals surface area contributed by atoms with Crippen LogP contribution in [0.3, 0.4) is 0 Å². The highest BCUT2D eigenvalue weighted by molar-refractivity contribution is 6.80. The van der Waals surface area contributed by atoms with Gasteiger partial charge in [-0.3, -0.25) is 0 Å². The Kier molecular flexibility index (Phi) is 8.33. The molecule has 0 heterocycles. The molecule has 0 bridgehead atoms. The van der Waals surface area contributed by atoms with Crippen LogP contribution in [0.4, 0.5) is 0 Å². The molecule has 0 saturated heterocycles. The topological polar surface area (TPSA) is 9.23 Å². The van der Waals surface area contributed by atoms with Crippen LogP contribution in [0.2, 0.25) is 24.2 Å². The minimum absolute atomic E-state index is 0.0211. The summed E-state index contributed by atoms with van der Waals surface area (Å²) in [6.07, 6.45) is 10.6. The minimum atomic E-state index is -1.83. The molecule has 2 aromatic carbocycles. The Morgan fingerprint density at radius 2 is 1.18 bits per heavy atom. The average molecular weight is 619 g/mol. The van der Waals surface area contributed by atoms with Crippen LogP contribution in [0.1, 0.15) is 79.4 Å². The Bertz CT molecular complexity index is 1520. The average Bonchev–Trinajstić information content (AvgIpc) is 3.51. The van der Waals surface area contributed by atoms with E-state index in [1.165, 1.54) is 40.7 Å². The first-order valence-electron chi connectivity index (χ1n) is 17.7. The highest BCUT2D eigenvalue weighted by Gasteiger charge is 2.59. The van der Waals surface area contributed by atoms with Gasteiger partial charge < -0.3 is 4.74 Å². The predicted octanol–water partition coefficient (Wildman–Crippen LogP) is 12.1. The molecule has 8 unspecified atom stereocenters. The van der Waals surface area contributed by atoms with E-state index < -0.39 is 8.07 Å². The molecule has 2 aromatic rings. The van der Waals surface area contributed by atoms with Crippen molar-refractivity contribution in [1.29, 1.82) is 0 Å². The molecule has 6 rings (SSSR count). The van der Waals surface area contributed by atoms with Gasteiger partial charge in [0.1, 0.15) is 5.76 Å². The van der Waals surface area contributed by atoms with Gasteiger partial charge in [-0.15, -0.1) is 0 Å². The first kappa shape index (κ1) is 32.4. The molecule has 4 aliphatic rings. The van der Waals surface area contributed by atoms with Crippen LogP contribution in [0.5, 0.6) is 0 Å². The lowest BCUT2D eigenvalue weighted by molar-refractivity contribution is 0.274. The smallest absolute Gasteiger partial charge is 0.126 e. The lowest BCUT2D eigenvalue weighted by Gasteiger charge is -2.47. The van der Waals surface area contributed by atoms with E-state index in [1.54, 1.807) is 5.57 Å². The molecule has 2 saturated carbocycles. The molecule has 4 aliphatic carbocycles. The summed E-state index contributed by atoms with van der Waals surface area (Å²) in [6, 6.07) is 22.5. The van der Waals surface area contributed by atoms with Gasteiger partial charge in [0, 0.05) is 5.57 Å². The first-order chi connectivity index (χ1) is 21.1. The zero-order valence-electron chi connectivity index (χ0n) is 29.9. The molecule has 2 heteroatoms. The summed E-state index contributed by atoms with van der Waals surface area (Å²) >= 11 is 0. The normalized spacial score (nSPS) is 32.0. The van der Waals surface area contributed by atoms with Crippen LogP contribution < -0.4 is 0 Å². The highest BCUT2D eigenvalue weighted by Crippen LogP contribution is 2.66. The van der Waals surface area contributed by atoms with Gasteiger partial charge >= 0.3 is 0 Å². The van der Waals surface area contributed by atoms with Crippen LogP contribution in [0, 0.1) is 46.3 Å². The molecule has 0 aliphatic heterocycles. The lowest BCUT2D eigenvalue weighted by Crippen LogP contribution is -2.46. The van der Waals surface area contributed by atoms with E-state index in [0.717, 1.165) is 22.8 Å². The van der Waals surface area contributed by atoms with Crippen molar-refractivity contribution < 1.29 is 4.74 Å². The standard InChI is InChI=1S/C43H58OSi/c1-27-22-33-32(29-18-14-12-15-19-29)24-31(42(3,4)5)25-35(33)40(27)45(10,11)41-28(2)23-34-36(41)26-37(43(6,7)8)39(44-9)38(34)30-20-16-13-17-21-30/h12-21,24-28,33-36,40-41H,22-23H2,1-11H3. The fraction of sp³-hybridized carbons (Fsp3) is 0.535. The van der Waals surface area contributed by atoms with Crippen molar-refractivity contribution >= 4 is 19.2 Å². The second-order valence-electron chi connectivity index (χ2n) is 17.6. The molecule has 0 radical (unpaired) electrons. The minimum Gasteiger partial charge on any atom is -0.496 e. The van der Waals surface area contributed by atoms with Gasteiger partial charge in [0.15, 0.2) is 0 Å². The number of fused-ring (bicyclic) bond motifs is 2. The summed E-state index contributed by atoms with van der Waals surface area (Å²) in [4.78, 5) is 0. The number of methoxy groups -OCH3 is 1. The molecule has 8 atom stereocenters. The van der Waals surface area contributed by atoms with Gasteiger partial charge in [-0.25, -0.2) is 0 Å². The summed E-state index contributed by atoms with van der Waals surface area (Å²) < 4.78 is 6.36. The Morgan fingerprint density at radius 3 is 1.69 bits per heavy atom. The van der Waals surface area contributed by atoms with Crippen LogP contribution in [-0.2, 0) is 4.74 Å². The molecule has 240 valence electrons. The van der Waals surface area contributed by atoms with Gasteiger partial charge in [-0.05, 0) is 98.1 Å². The van der Waals surface area contributed by atoms with Gasteiger partial charge in [0.05, 0.1) is 15.2 Å². The van der Waals surface area contributed by atoms with Crippen molar-refractivity contribution in [2.24, 2.45) is 46.3 Å². The van der Waals surface area contributed by atoms with E-state index in [1.807, 2.05) is 7.11 Å². The summed E-state index contributed by atoms with van der Waals surface area (Å²) in [7, 11) is 0.0657. The van der Waals surface area contributed by atoms with E-state index in [9.17, 15) is 0 Å². The molecule has 0 amide bonds. The molecular formula is C43H58OSi. The monoisotopic (exact) mass is 618 g/mol. The van der Waals surface area contributed by atoms with Gasteiger partial charge in [0.2, 0.25) is 0 Å². The molecule has 45 heavy (non-hydrogen) atoms. The van der Waals surface area contributed by atoms with Crippen molar-refractivity contribution in [3.63, 3.8) is 0 Å². The summed E-state index contributed by atoms with van der Waals surface area (Å²) in [5.74, 6) is 4.87. The Morgan fingerprint density at radius 1 is 0.667 bits per heavy atom. The van der Waals surface area contributed by atoms with E-state index in [0.29, 0.717) is 29.6 Å². The molecule has 0 aromatic heterocycles. The van der Waals surface area contributed by atoms with Crippen molar-refractivity contribution in [1.82, 2.24) is 0 Å². The van der Waals surface area contributed by atoms with E-state index in [4.69, 9.17) is 4.74 Å². The van der Waals surface area contributed by atoms with E-state index in [2.05, 4.69) is 147 Å². The fourth-order valence-electron chi connectivity index (χ4n) is 10.7. The van der Waals surface area contributed by atoms with Crippen molar-refractivity contribution in [2.45, 2.75) is 92.4 Å². The molecule has 0 N–H and O–H groups in total. The number of rotatable bonds is 5. The maximum atomic E-state index is 6.36. The molecule has 0 spiro atoms. The second kappa shape index (κ2) is 11.6. The van der Waals surface area contributed by atoms with E-state index in [-0.39, 0.29) is 10.8 Å². The largest absolute Gasteiger partial charge is 0.496 e. The number of hydrogen-bond acceptors (Lipinski definition) is 1. The van der Waals surface area contributed by atoms with Crippen LogP contribution in [-0.4, -0.2) is 15.2 Å². The third-order valence-corrected chi connectivity index (χ3v) is 17.7. The quantitative estimate of drug-likeness (QED) is 0.303. The molecular weight excluding hydrogens is 561 g/mol. The fourth-order valence-corrected chi connectivity index (χ4v) is 17.0. The van der Waals surface area contributed by atoms with Gasteiger partial charge in [-0.1, -0.05) is 147 Å². The summed E-state index contributed by atoms with van der Waals surface area (Å²) in [5, 5.41) is 0. The zero-order chi connectivity index (χ0) is 32.5. The van der Waals surface area contributed by atoms with Crippen LogP contribution in [0.15, 0.2) is 95.8 Å². The zero-order valence-corrected chi connectivity index (χ0v) is 30.9. The van der Waals surface area contributed by atoms with Crippen molar-refractivity contribution in [3.8, 4) is 0 Å². The maximum absolute atomic E-state index is 6.36. The van der Waals surface area contributed by atoms with Gasteiger partial charge in [0.25, 0.3) is 0 Å². The third kappa shape index (κ3) is 5.58. The number of ether oxygens (including phenoxy) is 1. The Hall–Kier alpha value is -2.58. The maximum Gasteiger partial charge on any atom is 0.126 e. The second-order valence-corrected chi connectivity index (χ2v) is 22.6. The third-order valence-electron chi connectivity index (χ3n) is 12.3. The molecule has 1 nitrogen and oxygen atoms in total. The highest BCUT2D eigenvalue weighted by atomic mass is 28.3. The summed E-state index contributed by atoms with van der Waals surface area (Å²) in [6.45, 7) is 25.1. The predicted molar refractivity (Wildman–Crippen MR) is 196 cm³/mol. The van der Waals surface area contributed by atoms with Crippen molar-refractivity contribution in [2.75, 3.05) is 7.11 Å². The van der Waals surface area contributed by atoms with Crippen LogP contribution in [0.25, 0.3) is 11.1 Å². The lowest BCUT2D eigenvalue weighted by atomic mass is 9.72. The first-order valence-corrected chi connectivity index (χ1v) is 20.9. The number of hydrogen-bond donors (Lipinski definition) is 0. The SMILES string of the molecule is COC1=C(c2ccccc2)C2CC(C)C([Si](C)(C)C3C(C)CC4C(c5ccccc5)=CC(C(C)(C)C)=CC43)C2C=C1C(C)(C)C. The Labute approximate surface area is 276 Å². The van der Waals surface area contributed by atoms with Crippen LogP contribution >= 0.6 is 0 Å². The van der Waals surface area contributed by atoms with Crippen molar-refractivity contribution in [3.05, 3.63) is 107 Å². The van der Waals surface area contributed by atoms with Gasteiger partial charge in [-0.2, -0.15) is 0 Å². The number of benzene rings is 2. The van der Waals surface area contributed by atoms with E-state index >= 15 is 0 Å². The number of allylic oxidation sites excluding steroid dienone is 7. The summed E-state index contributed by atoms with van der Waals surface area (Å²) in [5.41, 5.74) is 10.4.